The zero-order chi connectivity index (χ0) is 13.0. The van der Waals surface area contributed by atoms with Crippen LogP contribution >= 0.6 is 11.8 Å². The van der Waals surface area contributed by atoms with E-state index in [0.29, 0.717) is 4.90 Å². The first-order chi connectivity index (χ1) is 8.65. The fraction of sp³-hybridized carbons (Fsp3) is 0.462. The van der Waals surface area contributed by atoms with Crippen molar-refractivity contribution < 1.29 is 13.6 Å². The zero-order valence-electron chi connectivity index (χ0n) is 9.92. The molecule has 0 spiro atoms. The third kappa shape index (κ3) is 3.70. The minimum Gasteiger partial charge on any atom is -0.353 e. The molecule has 1 aliphatic carbocycles. The predicted octanol–water partition coefficient (Wildman–Crippen LogP) is 3.12. The van der Waals surface area contributed by atoms with E-state index in [0.717, 1.165) is 43.5 Å². The van der Waals surface area contributed by atoms with Crippen LogP contribution in [0.1, 0.15) is 25.7 Å². The first-order valence-corrected chi connectivity index (χ1v) is 7.01. The highest BCUT2D eigenvalue weighted by Crippen LogP contribution is 2.23. The lowest BCUT2D eigenvalue weighted by molar-refractivity contribution is -0.119. The van der Waals surface area contributed by atoms with Crippen molar-refractivity contribution in [3.63, 3.8) is 0 Å². The number of benzene rings is 1. The quantitative estimate of drug-likeness (QED) is 0.852. The third-order valence-corrected chi connectivity index (χ3v) is 4.02. The van der Waals surface area contributed by atoms with Crippen molar-refractivity contribution in [2.75, 3.05) is 5.75 Å². The summed E-state index contributed by atoms with van der Waals surface area (Å²) in [5.74, 6) is -1.14. The van der Waals surface area contributed by atoms with Gasteiger partial charge in [-0.05, 0) is 25.0 Å². The average molecular weight is 271 g/mol. The van der Waals surface area contributed by atoms with Gasteiger partial charge in [0.25, 0.3) is 0 Å². The molecular formula is C13H15F2NOS. The topological polar surface area (TPSA) is 29.1 Å². The maximum atomic E-state index is 13.3. The molecule has 2 rings (SSSR count). The lowest BCUT2D eigenvalue weighted by Crippen LogP contribution is -2.33. The van der Waals surface area contributed by atoms with Gasteiger partial charge in [0.15, 0.2) is 0 Å². The first-order valence-electron chi connectivity index (χ1n) is 6.02. The van der Waals surface area contributed by atoms with Gasteiger partial charge in [0, 0.05) is 17.0 Å². The number of carbonyl (C=O) groups is 1. The molecule has 1 aromatic carbocycles. The molecule has 1 aliphatic rings. The van der Waals surface area contributed by atoms with Crippen LogP contribution in [0.4, 0.5) is 8.78 Å². The molecule has 0 bridgehead atoms. The van der Waals surface area contributed by atoms with E-state index in [1.165, 1.54) is 12.1 Å². The Kier molecular flexibility index (Phi) is 4.58. The average Bonchev–Trinajstić information content (AvgIpc) is 2.80. The second-order valence-electron chi connectivity index (χ2n) is 4.41. The van der Waals surface area contributed by atoms with Crippen molar-refractivity contribution in [2.45, 2.75) is 36.6 Å². The van der Waals surface area contributed by atoms with E-state index in [1.54, 1.807) is 0 Å². The molecule has 0 radical (unpaired) electrons. The Hall–Kier alpha value is -1.10. The monoisotopic (exact) mass is 271 g/mol. The van der Waals surface area contributed by atoms with Crippen LogP contribution in [0, 0.1) is 11.6 Å². The fourth-order valence-corrected chi connectivity index (χ4v) is 2.81. The van der Waals surface area contributed by atoms with Gasteiger partial charge < -0.3 is 5.32 Å². The highest BCUT2D eigenvalue weighted by atomic mass is 32.2. The summed E-state index contributed by atoms with van der Waals surface area (Å²) in [6, 6.07) is 3.66. The van der Waals surface area contributed by atoms with E-state index in [9.17, 15) is 13.6 Å². The van der Waals surface area contributed by atoms with Crippen LogP contribution in [-0.2, 0) is 4.79 Å². The van der Waals surface area contributed by atoms with Crippen LogP contribution in [0.2, 0.25) is 0 Å². The molecule has 0 heterocycles. The molecule has 1 saturated carbocycles. The van der Waals surface area contributed by atoms with Gasteiger partial charge in [0.2, 0.25) is 5.91 Å². The number of carbonyl (C=O) groups excluding carboxylic acids is 1. The van der Waals surface area contributed by atoms with Crippen LogP contribution in [0.15, 0.2) is 23.1 Å². The summed E-state index contributed by atoms with van der Waals surface area (Å²) >= 11 is 1.09. The van der Waals surface area contributed by atoms with Crippen LogP contribution in [0.3, 0.4) is 0 Å². The molecule has 98 valence electrons. The Morgan fingerprint density at radius 3 is 2.72 bits per heavy atom. The van der Waals surface area contributed by atoms with E-state index < -0.39 is 11.6 Å². The highest BCUT2D eigenvalue weighted by Gasteiger charge is 2.17. The standard InChI is InChI=1S/C13H15F2NOS/c14-9-5-6-12(11(15)7-9)18-8-13(17)16-10-3-1-2-4-10/h5-7,10H,1-4,8H2,(H,16,17). The third-order valence-electron chi connectivity index (χ3n) is 2.97. The summed E-state index contributed by atoms with van der Waals surface area (Å²) < 4.78 is 26.0. The van der Waals surface area contributed by atoms with Crippen molar-refractivity contribution in [1.29, 1.82) is 0 Å². The van der Waals surface area contributed by atoms with Gasteiger partial charge in [-0.25, -0.2) is 8.78 Å². The summed E-state index contributed by atoms with van der Waals surface area (Å²) in [6.07, 6.45) is 4.37. The molecule has 1 fully saturated rings. The Labute approximate surface area is 109 Å². The molecule has 0 aromatic heterocycles. The molecule has 0 unspecified atom stereocenters. The molecule has 5 heteroatoms. The van der Waals surface area contributed by atoms with Gasteiger partial charge in [-0.15, -0.1) is 11.8 Å². The number of hydrogen-bond donors (Lipinski definition) is 1. The maximum Gasteiger partial charge on any atom is 0.230 e. The number of nitrogens with one attached hydrogen (secondary N) is 1. The Balaban J connectivity index is 1.81. The van der Waals surface area contributed by atoms with Crippen molar-refractivity contribution in [3.05, 3.63) is 29.8 Å². The van der Waals surface area contributed by atoms with Crippen molar-refractivity contribution in [3.8, 4) is 0 Å². The summed E-state index contributed by atoms with van der Waals surface area (Å²) in [5, 5.41) is 2.92. The Bertz CT molecular complexity index is 433. The number of rotatable bonds is 4. The van der Waals surface area contributed by atoms with Gasteiger partial charge in [-0.2, -0.15) is 0 Å². The summed E-state index contributed by atoms with van der Waals surface area (Å²) in [6.45, 7) is 0. The van der Waals surface area contributed by atoms with Crippen LogP contribution in [0.25, 0.3) is 0 Å². The highest BCUT2D eigenvalue weighted by molar-refractivity contribution is 8.00. The van der Waals surface area contributed by atoms with Gasteiger partial charge in [0.1, 0.15) is 11.6 Å². The predicted molar refractivity (Wildman–Crippen MR) is 67.5 cm³/mol. The molecule has 0 aliphatic heterocycles. The molecule has 2 nitrogen and oxygen atoms in total. The van der Waals surface area contributed by atoms with Crippen molar-refractivity contribution in [2.24, 2.45) is 0 Å². The minimum atomic E-state index is -0.617. The van der Waals surface area contributed by atoms with Crippen molar-refractivity contribution >= 4 is 17.7 Å². The second-order valence-corrected chi connectivity index (χ2v) is 5.43. The molecule has 1 amide bonds. The summed E-state index contributed by atoms with van der Waals surface area (Å²) in [4.78, 5) is 11.9. The molecule has 0 atom stereocenters. The normalized spacial score (nSPS) is 15.9. The Morgan fingerprint density at radius 1 is 1.33 bits per heavy atom. The largest absolute Gasteiger partial charge is 0.353 e. The molecule has 18 heavy (non-hydrogen) atoms. The van der Waals surface area contributed by atoms with E-state index >= 15 is 0 Å². The van der Waals surface area contributed by atoms with Crippen molar-refractivity contribution in [1.82, 2.24) is 5.32 Å². The van der Waals surface area contributed by atoms with Gasteiger partial charge in [-0.3, -0.25) is 4.79 Å². The van der Waals surface area contributed by atoms with Gasteiger partial charge in [-0.1, -0.05) is 12.8 Å². The maximum absolute atomic E-state index is 13.3. The van der Waals surface area contributed by atoms with Gasteiger partial charge in [0.05, 0.1) is 5.75 Å². The van der Waals surface area contributed by atoms with Gasteiger partial charge >= 0.3 is 0 Å². The fourth-order valence-electron chi connectivity index (χ4n) is 2.08. The molecule has 1 N–H and O–H groups in total. The number of thioether (sulfide) groups is 1. The minimum absolute atomic E-state index is 0.0874. The van der Waals surface area contributed by atoms with E-state index in [1.807, 2.05) is 0 Å². The molecule has 0 saturated heterocycles. The number of amides is 1. The molecular weight excluding hydrogens is 256 g/mol. The smallest absolute Gasteiger partial charge is 0.230 e. The first kappa shape index (κ1) is 13.3. The van der Waals surface area contributed by atoms with E-state index in [2.05, 4.69) is 5.32 Å². The second kappa shape index (κ2) is 6.18. The van der Waals surface area contributed by atoms with Crippen LogP contribution < -0.4 is 5.32 Å². The van der Waals surface area contributed by atoms with Crippen LogP contribution in [-0.4, -0.2) is 17.7 Å². The van der Waals surface area contributed by atoms with E-state index in [-0.39, 0.29) is 17.7 Å². The zero-order valence-corrected chi connectivity index (χ0v) is 10.7. The van der Waals surface area contributed by atoms with Crippen LogP contribution in [0.5, 0.6) is 0 Å². The SMILES string of the molecule is O=C(CSc1ccc(F)cc1F)NC1CCCC1. The Morgan fingerprint density at radius 2 is 2.06 bits per heavy atom. The number of halogens is 2. The lowest BCUT2D eigenvalue weighted by atomic mass is 10.2. The summed E-state index contributed by atoms with van der Waals surface area (Å²) in [7, 11) is 0. The molecule has 1 aromatic rings. The lowest BCUT2D eigenvalue weighted by Gasteiger charge is -2.11. The van der Waals surface area contributed by atoms with E-state index in [4.69, 9.17) is 0 Å². The summed E-state index contributed by atoms with van der Waals surface area (Å²) in [5.41, 5.74) is 0. The number of hydrogen-bond acceptors (Lipinski definition) is 2.